The molecule has 5 heterocycles. The molecule has 1 atom stereocenters. The van der Waals surface area contributed by atoms with E-state index in [4.69, 9.17) is 21.3 Å². The largest absolute Gasteiger partial charge is 0.381 e. The van der Waals surface area contributed by atoms with Gasteiger partial charge in [-0.15, -0.1) is 0 Å². The number of hydrogen-bond acceptors (Lipinski definition) is 9. The number of benzene rings is 1. The van der Waals surface area contributed by atoms with Gasteiger partial charge in [0.15, 0.2) is 0 Å². The molecule has 3 aromatic rings. The summed E-state index contributed by atoms with van der Waals surface area (Å²) in [6, 6.07) is 18.7. The Kier molecular flexibility index (Phi) is 9.59. The summed E-state index contributed by atoms with van der Waals surface area (Å²) >= 11 is 6.58. The second-order valence-electron chi connectivity index (χ2n) is 12.3. The SMILES string of the molecule is N#CC1(CNc2cccc(-c3cc(NC4CCN(Cc5ccc(C6CCC(=O)NC6=O)cc5)CC4)ncc3Cl)n2)CCOCC1. The summed E-state index contributed by atoms with van der Waals surface area (Å²) in [6.07, 6.45) is 6.00. The number of rotatable bonds is 9. The Morgan fingerprint density at radius 3 is 2.58 bits per heavy atom. The van der Waals surface area contributed by atoms with Crippen LogP contribution in [0.25, 0.3) is 11.3 Å². The molecule has 0 bridgehead atoms. The molecule has 3 aliphatic heterocycles. The van der Waals surface area contributed by atoms with E-state index in [0.717, 1.165) is 55.1 Å². The van der Waals surface area contributed by atoms with Crippen molar-refractivity contribution in [3.8, 4) is 17.3 Å². The van der Waals surface area contributed by atoms with Crippen molar-refractivity contribution >= 4 is 35.1 Å². The van der Waals surface area contributed by atoms with Crippen molar-refractivity contribution in [2.24, 2.45) is 5.41 Å². The molecule has 3 N–H and O–H groups in total. The topological polar surface area (TPSA) is 132 Å². The van der Waals surface area contributed by atoms with Gasteiger partial charge >= 0.3 is 0 Å². The Morgan fingerprint density at radius 1 is 1.07 bits per heavy atom. The van der Waals surface area contributed by atoms with Crippen LogP contribution in [-0.2, 0) is 20.9 Å². The molecular formula is C34H38ClN7O3. The Balaban J connectivity index is 1.02. The van der Waals surface area contributed by atoms with E-state index in [0.29, 0.717) is 62.3 Å². The highest BCUT2D eigenvalue weighted by Crippen LogP contribution is 2.32. The Labute approximate surface area is 268 Å². The Hall–Kier alpha value is -4.04. The lowest BCUT2D eigenvalue weighted by Crippen LogP contribution is -2.39. The van der Waals surface area contributed by atoms with Crippen molar-refractivity contribution in [3.63, 3.8) is 0 Å². The minimum atomic E-state index is -0.445. The van der Waals surface area contributed by atoms with Gasteiger partial charge in [-0.05, 0) is 61.4 Å². The summed E-state index contributed by atoms with van der Waals surface area (Å²) in [7, 11) is 0. The van der Waals surface area contributed by atoms with Crippen LogP contribution >= 0.6 is 11.6 Å². The quantitative estimate of drug-likeness (QED) is 0.276. The zero-order valence-corrected chi connectivity index (χ0v) is 26.0. The minimum absolute atomic E-state index is 0.189. The molecule has 10 nitrogen and oxygen atoms in total. The molecule has 3 fully saturated rings. The van der Waals surface area contributed by atoms with E-state index in [1.54, 1.807) is 6.20 Å². The molecule has 2 aromatic heterocycles. The maximum absolute atomic E-state index is 12.2. The molecule has 234 valence electrons. The number of anilines is 2. The fourth-order valence-electron chi connectivity index (χ4n) is 6.32. The number of halogens is 1. The smallest absolute Gasteiger partial charge is 0.234 e. The zero-order chi connectivity index (χ0) is 31.2. The van der Waals surface area contributed by atoms with Crippen LogP contribution in [-0.4, -0.2) is 65.6 Å². The summed E-state index contributed by atoms with van der Waals surface area (Å²) in [5.41, 5.74) is 3.27. The molecule has 45 heavy (non-hydrogen) atoms. The summed E-state index contributed by atoms with van der Waals surface area (Å²) < 4.78 is 5.45. The first kappa shape index (κ1) is 31.0. The number of ether oxygens (including phenoxy) is 1. The van der Waals surface area contributed by atoms with Gasteiger partial charge < -0.3 is 15.4 Å². The molecule has 0 saturated carbocycles. The van der Waals surface area contributed by atoms with Gasteiger partial charge in [0.25, 0.3) is 0 Å². The summed E-state index contributed by atoms with van der Waals surface area (Å²) in [5, 5.41) is 19.7. The normalized spacial score (nSPS) is 20.7. The van der Waals surface area contributed by atoms with Gasteiger partial charge in [-0.25, -0.2) is 9.97 Å². The minimum Gasteiger partial charge on any atom is -0.381 e. The van der Waals surface area contributed by atoms with E-state index in [2.05, 4.69) is 44.0 Å². The number of pyridine rings is 2. The van der Waals surface area contributed by atoms with E-state index < -0.39 is 5.41 Å². The maximum Gasteiger partial charge on any atom is 0.234 e. The molecule has 11 heteroatoms. The number of amides is 2. The summed E-state index contributed by atoms with van der Waals surface area (Å²) in [6.45, 7) is 4.49. The zero-order valence-electron chi connectivity index (χ0n) is 25.2. The lowest BCUT2D eigenvalue weighted by atomic mass is 9.82. The Bertz CT molecular complexity index is 1560. The van der Waals surface area contributed by atoms with Crippen LogP contribution in [0.2, 0.25) is 5.02 Å². The summed E-state index contributed by atoms with van der Waals surface area (Å²) in [4.78, 5) is 35.5. The van der Waals surface area contributed by atoms with Gasteiger partial charge in [-0.1, -0.05) is 41.9 Å². The van der Waals surface area contributed by atoms with Crippen LogP contribution in [0.5, 0.6) is 0 Å². The highest BCUT2D eigenvalue weighted by atomic mass is 35.5. The average Bonchev–Trinajstić information content (AvgIpc) is 3.07. The molecule has 0 spiro atoms. The van der Waals surface area contributed by atoms with Crippen LogP contribution < -0.4 is 16.0 Å². The number of aromatic nitrogens is 2. The predicted octanol–water partition coefficient (Wildman–Crippen LogP) is 5.13. The molecule has 6 rings (SSSR count). The Morgan fingerprint density at radius 2 is 1.84 bits per heavy atom. The molecule has 0 aliphatic carbocycles. The lowest BCUT2D eigenvalue weighted by molar-refractivity contribution is -0.134. The second kappa shape index (κ2) is 13.9. The molecule has 1 aromatic carbocycles. The van der Waals surface area contributed by atoms with Gasteiger partial charge in [-0.3, -0.25) is 19.8 Å². The first-order chi connectivity index (χ1) is 21.9. The third-order valence-corrected chi connectivity index (χ3v) is 9.44. The molecule has 1 unspecified atom stereocenters. The molecule has 3 aliphatic rings. The number of hydrogen-bond donors (Lipinski definition) is 3. The van der Waals surface area contributed by atoms with Gasteiger partial charge in [-0.2, -0.15) is 5.26 Å². The van der Waals surface area contributed by atoms with E-state index in [-0.39, 0.29) is 17.7 Å². The van der Waals surface area contributed by atoms with Gasteiger partial charge in [0.05, 0.1) is 28.1 Å². The number of piperidine rings is 2. The molecule has 3 saturated heterocycles. The van der Waals surface area contributed by atoms with E-state index >= 15 is 0 Å². The number of imide groups is 1. The third-order valence-electron chi connectivity index (χ3n) is 9.14. The van der Waals surface area contributed by atoms with Crippen molar-refractivity contribution in [3.05, 3.63) is 70.9 Å². The first-order valence-electron chi connectivity index (χ1n) is 15.7. The lowest BCUT2D eigenvalue weighted by Gasteiger charge is -2.32. The highest BCUT2D eigenvalue weighted by molar-refractivity contribution is 6.33. The second-order valence-corrected chi connectivity index (χ2v) is 12.7. The molecule has 2 amide bonds. The summed E-state index contributed by atoms with van der Waals surface area (Å²) in [5.74, 6) is 0.826. The average molecular weight is 628 g/mol. The van der Waals surface area contributed by atoms with E-state index in [9.17, 15) is 14.9 Å². The van der Waals surface area contributed by atoms with Crippen LogP contribution in [0.15, 0.2) is 54.7 Å². The molecular weight excluding hydrogens is 590 g/mol. The van der Waals surface area contributed by atoms with Crippen LogP contribution in [0, 0.1) is 16.7 Å². The van der Waals surface area contributed by atoms with Crippen molar-refractivity contribution in [1.29, 1.82) is 5.26 Å². The number of nitriles is 1. The van der Waals surface area contributed by atoms with Crippen LogP contribution in [0.1, 0.15) is 55.6 Å². The van der Waals surface area contributed by atoms with Gasteiger partial charge in [0.2, 0.25) is 11.8 Å². The van der Waals surface area contributed by atoms with Crippen molar-refractivity contribution in [2.75, 3.05) is 43.5 Å². The fourth-order valence-corrected chi connectivity index (χ4v) is 6.52. The molecule has 0 radical (unpaired) electrons. The standard InChI is InChI=1S/C34H38ClN7O3/c35-28-19-37-31(18-27(28)29-2-1-3-30(40-29)38-22-34(21-36)12-16-45-17-13-34)39-25-10-14-42(15-11-25)20-23-4-6-24(7-5-23)26-8-9-32(43)41-33(26)44/h1-7,18-19,25-26H,8-17,20,22H2,(H,37,39)(H,38,40)(H,41,43,44). The highest BCUT2D eigenvalue weighted by Gasteiger charge is 2.33. The first-order valence-corrected chi connectivity index (χ1v) is 16.0. The van der Waals surface area contributed by atoms with E-state index in [1.165, 1.54) is 5.56 Å². The van der Waals surface area contributed by atoms with Gasteiger partial charge in [0, 0.05) is 63.6 Å². The van der Waals surface area contributed by atoms with Crippen molar-refractivity contribution in [2.45, 2.75) is 57.0 Å². The van der Waals surface area contributed by atoms with Gasteiger partial charge in [0.1, 0.15) is 11.6 Å². The van der Waals surface area contributed by atoms with Crippen molar-refractivity contribution in [1.82, 2.24) is 20.2 Å². The van der Waals surface area contributed by atoms with E-state index in [1.807, 2.05) is 36.4 Å². The number of carbonyl (C=O) groups excluding carboxylic acids is 2. The third kappa shape index (κ3) is 7.61. The van der Waals surface area contributed by atoms with Crippen LogP contribution in [0.4, 0.5) is 11.6 Å². The monoisotopic (exact) mass is 627 g/mol. The predicted molar refractivity (Wildman–Crippen MR) is 173 cm³/mol. The number of nitrogens with one attached hydrogen (secondary N) is 3. The number of nitrogens with zero attached hydrogens (tertiary/aromatic N) is 4. The maximum atomic E-state index is 12.2. The van der Waals surface area contributed by atoms with Crippen molar-refractivity contribution < 1.29 is 14.3 Å². The fraction of sp³-hybridized carbons (Fsp3) is 0.441. The number of likely N-dealkylation sites (tertiary alicyclic amines) is 1. The number of carbonyl (C=O) groups is 2. The van der Waals surface area contributed by atoms with Crippen LogP contribution in [0.3, 0.4) is 0 Å².